The Bertz CT molecular complexity index is 1240. The van der Waals surface area contributed by atoms with Gasteiger partial charge in [-0.1, -0.05) is 45.0 Å². The van der Waals surface area contributed by atoms with Crippen LogP contribution in [0.5, 0.6) is 0 Å². The maximum absolute atomic E-state index is 14.7. The Labute approximate surface area is 254 Å². The van der Waals surface area contributed by atoms with Gasteiger partial charge < -0.3 is 24.6 Å². The molecule has 1 aliphatic rings. The molecule has 0 bridgehead atoms. The fraction of sp³-hybridized carbons (Fsp3) is 0.645. The highest BCUT2D eigenvalue weighted by Gasteiger charge is 2.35. The van der Waals surface area contributed by atoms with Crippen molar-refractivity contribution < 1.29 is 28.2 Å². The lowest BCUT2D eigenvalue weighted by molar-refractivity contribution is -0.140. The van der Waals surface area contributed by atoms with Crippen molar-refractivity contribution in [3.05, 3.63) is 41.5 Å². The van der Waals surface area contributed by atoms with E-state index in [1.807, 2.05) is 27.7 Å². The number of para-hydroxylation sites is 1. The van der Waals surface area contributed by atoms with E-state index in [0.717, 1.165) is 0 Å². The van der Waals surface area contributed by atoms with Gasteiger partial charge in [0.2, 0.25) is 5.91 Å². The van der Waals surface area contributed by atoms with Crippen LogP contribution in [0.25, 0.3) is 5.69 Å². The first-order valence-electron chi connectivity index (χ1n) is 15.2. The van der Waals surface area contributed by atoms with Gasteiger partial charge in [0, 0.05) is 32.1 Å². The number of morpholine rings is 1. The molecule has 1 saturated heterocycles. The summed E-state index contributed by atoms with van der Waals surface area (Å²) in [5.74, 6) is -1.19. The highest BCUT2D eigenvalue weighted by molar-refractivity contribution is 5.94. The number of hydrogen-bond acceptors (Lipinski definition) is 7. The Morgan fingerprint density at radius 2 is 1.81 bits per heavy atom. The molecule has 11 nitrogen and oxygen atoms in total. The molecule has 2 aromatic rings. The van der Waals surface area contributed by atoms with E-state index in [1.54, 1.807) is 48.8 Å². The van der Waals surface area contributed by atoms with Crippen molar-refractivity contribution >= 4 is 17.9 Å². The molecule has 1 N–H and O–H groups in total. The van der Waals surface area contributed by atoms with Gasteiger partial charge in [0.05, 0.1) is 24.9 Å². The van der Waals surface area contributed by atoms with Crippen LogP contribution in [-0.2, 0) is 20.7 Å². The second kappa shape index (κ2) is 15.3. The van der Waals surface area contributed by atoms with E-state index >= 15 is 0 Å². The number of hydrogen-bond donors (Lipinski definition) is 1. The average Bonchev–Trinajstić information content (AvgIpc) is 3.39. The Morgan fingerprint density at radius 3 is 2.40 bits per heavy atom. The number of carbonyl (C=O) groups is 3. The Morgan fingerprint density at radius 1 is 1.14 bits per heavy atom. The molecule has 0 radical (unpaired) electrons. The first-order valence-corrected chi connectivity index (χ1v) is 15.2. The summed E-state index contributed by atoms with van der Waals surface area (Å²) < 4.78 is 26.9. The van der Waals surface area contributed by atoms with Gasteiger partial charge in [-0.3, -0.25) is 9.59 Å². The summed E-state index contributed by atoms with van der Waals surface area (Å²) >= 11 is 0. The molecule has 12 heteroatoms. The Kier molecular flexibility index (Phi) is 12.1. The predicted molar refractivity (Wildman–Crippen MR) is 160 cm³/mol. The highest BCUT2D eigenvalue weighted by atomic mass is 19.1. The number of aromatic nitrogens is 3. The van der Waals surface area contributed by atoms with E-state index in [-0.39, 0.29) is 35.7 Å². The van der Waals surface area contributed by atoms with Gasteiger partial charge in [0.15, 0.2) is 5.69 Å². The maximum atomic E-state index is 14.7. The molecule has 3 rings (SSSR count). The molecule has 0 saturated carbocycles. The number of alkyl carbamates (subject to hydrolysis) is 1. The van der Waals surface area contributed by atoms with Crippen molar-refractivity contribution in [2.75, 3.05) is 39.4 Å². The van der Waals surface area contributed by atoms with Gasteiger partial charge >= 0.3 is 6.09 Å². The van der Waals surface area contributed by atoms with Gasteiger partial charge in [-0.2, -0.15) is 0 Å². The zero-order valence-corrected chi connectivity index (χ0v) is 26.6. The Hall–Kier alpha value is -3.54. The van der Waals surface area contributed by atoms with Crippen LogP contribution in [0.15, 0.2) is 24.3 Å². The summed E-state index contributed by atoms with van der Waals surface area (Å²) in [6, 6.07) is 5.64. The monoisotopic (exact) mass is 602 g/mol. The van der Waals surface area contributed by atoms with Crippen molar-refractivity contribution in [3.63, 3.8) is 0 Å². The second-order valence-electron chi connectivity index (χ2n) is 12.3. The van der Waals surface area contributed by atoms with Crippen molar-refractivity contribution in [3.8, 4) is 5.69 Å². The molecular formula is C31H47FN6O5. The van der Waals surface area contributed by atoms with Crippen molar-refractivity contribution in [2.45, 2.75) is 79.4 Å². The van der Waals surface area contributed by atoms with E-state index in [1.165, 1.54) is 10.7 Å². The maximum Gasteiger partial charge on any atom is 0.407 e. The quantitative estimate of drug-likeness (QED) is 0.386. The molecular weight excluding hydrogens is 555 g/mol. The van der Waals surface area contributed by atoms with Crippen LogP contribution in [0.1, 0.15) is 77.5 Å². The third-order valence-corrected chi connectivity index (χ3v) is 7.25. The Balaban J connectivity index is 1.99. The summed E-state index contributed by atoms with van der Waals surface area (Å²) in [5, 5.41) is 11.2. The largest absolute Gasteiger partial charge is 0.444 e. The molecule has 0 spiro atoms. The zero-order chi connectivity index (χ0) is 31.7. The SMILES string of the molecule is CCc1c(C(=O)N(CC(C)C)[C@H](CNC(=O)OC(C)(C)C)C[C@H](CC)C(=O)N2CCOCC2)nnn1-c1ccccc1F. The summed E-state index contributed by atoms with van der Waals surface area (Å²) in [6.45, 7) is 15.5. The highest BCUT2D eigenvalue weighted by Crippen LogP contribution is 2.24. The van der Waals surface area contributed by atoms with Crippen LogP contribution in [0.4, 0.5) is 9.18 Å². The van der Waals surface area contributed by atoms with Crippen LogP contribution >= 0.6 is 0 Å². The van der Waals surface area contributed by atoms with Gasteiger partial charge in [-0.25, -0.2) is 13.9 Å². The number of benzene rings is 1. The molecule has 1 aromatic carbocycles. The normalized spacial score (nSPS) is 15.2. The predicted octanol–water partition coefficient (Wildman–Crippen LogP) is 4.24. The molecule has 1 fully saturated rings. The molecule has 43 heavy (non-hydrogen) atoms. The van der Waals surface area contributed by atoms with E-state index in [9.17, 15) is 18.8 Å². The first kappa shape index (κ1) is 34.0. The fourth-order valence-electron chi connectivity index (χ4n) is 5.18. The number of nitrogens with one attached hydrogen (secondary N) is 1. The molecule has 1 aromatic heterocycles. The number of carbonyl (C=O) groups excluding carboxylic acids is 3. The smallest absolute Gasteiger partial charge is 0.407 e. The van der Waals surface area contributed by atoms with Gasteiger partial charge in [0.1, 0.15) is 17.1 Å². The summed E-state index contributed by atoms with van der Waals surface area (Å²) in [6.07, 6.45) is 0.657. The minimum absolute atomic E-state index is 0.00441. The third kappa shape index (κ3) is 9.22. The van der Waals surface area contributed by atoms with E-state index in [2.05, 4.69) is 15.6 Å². The topological polar surface area (TPSA) is 119 Å². The lowest BCUT2D eigenvalue weighted by atomic mass is 9.93. The van der Waals surface area contributed by atoms with Crippen LogP contribution in [0.3, 0.4) is 0 Å². The molecule has 2 heterocycles. The van der Waals surface area contributed by atoms with Crippen molar-refractivity contribution in [1.82, 2.24) is 30.1 Å². The summed E-state index contributed by atoms with van der Waals surface area (Å²) in [4.78, 5) is 44.0. The minimum atomic E-state index is -0.702. The van der Waals surface area contributed by atoms with Gasteiger partial charge in [0.25, 0.3) is 5.91 Å². The summed E-state index contributed by atoms with van der Waals surface area (Å²) in [7, 11) is 0. The lowest BCUT2D eigenvalue weighted by Gasteiger charge is -2.36. The molecule has 3 amide bonds. The van der Waals surface area contributed by atoms with Crippen LogP contribution < -0.4 is 5.32 Å². The summed E-state index contributed by atoms with van der Waals surface area (Å²) in [5.41, 5.74) is 0.0824. The number of nitrogens with zero attached hydrogens (tertiary/aromatic N) is 5. The molecule has 0 unspecified atom stereocenters. The van der Waals surface area contributed by atoms with Crippen LogP contribution in [0, 0.1) is 17.7 Å². The number of amides is 3. The van der Waals surface area contributed by atoms with E-state index < -0.39 is 29.5 Å². The molecule has 2 atom stereocenters. The number of halogens is 1. The minimum Gasteiger partial charge on any atom is -0.444 e. The third-order valence-electron chi connectivity index (χ3n) is 7.25. The molecule has 1 aliphatic heterocycles. The second-order valence-corrected chi connectivity index (χ2v) is 12.3. The van der Waals surface area contributed by atoms with E-state index in [4.69, 9.17) is 9.47 Å². The average molecular weight is 603 g/mol. The van der Waals surface area contributed by atoms with Gasteiger partial charge in [-0.05, 0) is 58.1 Å². The van der Waals surface area contributed by atoms with Crippen LogP contribution in [-0.4, -0.2) is 93.7 Å². The first-order chi connectivity index (χ1) is 20.4. The van der Waals surface area contributed by atoms with E-state index in [0.29, 0.717) is 57.8 Å². The van der Waals surface area contributed by atoms with Crippen molar-refractivity contribution in [2.24, 2.45) is 11.8 Å². The lowest BCUT2D eigenvalue weighted by Crippen LogP contribution is -2.51. The fourth-order valence-corrected chi connectivity index (χ4v) is 5.18. The van der Waals surface area contributed by atoms with Crippen LogP contribution in [0.2, 0.25) is 0 Å². The number of ether oxygens (including phenoxy) is 2. The number of rotatable bonds is 12. The van der Waals surface area contributed by atoms with Gasteiger partial charge in [-0.15, -0.1) is 5.10 Å². The zero-order valence-electron chi connectivity index (χ0n) is 26.6. The molecule has 238 valence electrons. The van der Waals surface area contributed by atoms with Crippen molar-refractivity contribution in [1.29, 1.82) is 0 Å². The standard InChI is InChI=1S/C31H47FN6O5/c1-8-22(28(39)36-14-16-42-17-15-36)18-23(19-33-30(41)43-31(5,6)7)37(20-21(3)4)29(40)27-25(9-2)38(35-34-27)26-13-11-10-12-24(26)32/h10-13,21-23H,8-9,14-20H2,1-7H3,(H,33,41)/t22-,23-/m0/s1. The molecule has 0 aliphatic carbocycles.